The summed E-state index contributed by atoms with van der Waals surface area (Å²) in [5.74, 6) is -1.89. The largest absolute Gasteiger partial charge is 0.508 e. The topological polar surface area (TPSA) is 235 Å². The first-order chi connectivity index (χ1) is 19.0. The number of phenolic OH excluding ortho intramolecular Hbond substituents is 1. The van der Waals surface area contributed by atoms with E-state index in [-0.39, 0.29) is 31.1 Å². The van der Waals surface area contributed by atoms with E-state index in [1.807, 2.05) is 12.5 Å². The maximum Gasteiger partial charge on any atom is 0.326 e. The van der Waals surface area contributed by atoms with Crippen LogP contribution < -0.4 is 33.2 Å². The Morgan fingerprint density at radius 1 is 0.850 bits per heavy atom. The van der Waals surface area contributed by atoms with Crippen molar-refractivity contribution in [1.29, 1.82) is 0 Å². The second-order valence-electron chi connectivity index (χ2n) is 9.01. The van der Waals surface area contributed by atoms with Gasteiger partial charge < -0.3 is 43.4 Å². The van der Waals surface area contributed by atoms with Crippen LogP contribution in [0, 0.1) is 0 Å². The van der Waals surface area contributed by atoms with Gasteiger partial charge in [-0.2, -0.15) is 23.5 Å². The number of hydrogen-bond donors (Lipinski definition) is 8. The van der Waals surface area contributed by atoms with Gasteiger partial charge in [0.15, 0.2) is 5.96 Å². The van der Waals surface area contributed by atoms with E-state index in [1.165, 1.54) is 23.9 Å². The summed E-state index contributed by atoms with van der Waals surface area (Å²) < 4.78 is 0. The number of carboxylic acids is 1. The number of amides is 3. The molecule has 15 heteroatoms. The second kappa shape index (κ2) is 19.0. The molecule has 0 aliphatic carbocycles. The molecule has 0 radical (unpaired) electrons. The predicted molar refractivity (Wildman–Crippen MR) is 159 cm³/mol. The molecule has 11 N–H and O–H groups in total. The molecule has 224 valence electrons. The number of aromatic hydroxyl groups is 1. The van der Waals surface area contributed by atoms with Gasteiger partial charge in [-0.05, 0) is 67.4 Å². The summed E-state index contributed by atoms with van der Waals surface area (Å²) in [5, 5.41) is 27.0. The normalized spacial score (nSPS) is 13.8. The smallest absolute Gasteiger partial charge is 0.326 e. The van der Waals surface area contributed by atoms with Crippen LogP contribution in [-0.4, -0.2) is 94.6 Å². The molecule has 0 saturated heterocycles. The van der Waals surface area contributed by atoms with Crippen molar-refractivity contribution in [3.05, 3.63) is 29.8 Å². The quantitative estimate of drug-likeness (QED) is 0.0565. The zero-order chi connectivity index (χ0) is 30.1. The fraction of sp³-hybridized carbons (Fsp3) is 0.560. The van der Waals surface area contributed by atoms with Crippen LogP contribution in [0.3, 0.4) is 0 Å². The highest BCUT2D eigenvalue weighted by molar-refractivity contribution is 7.98. The third-order valence-corrected chi connectivity index (χ3v) is 7.07. The zero-order valence-electron chi connectivity index (χ0n) is 22.8. The summed E-state index contributed by atoms with van der Waals surface area (Å²) in [6.07, 6.45) is 4.88. The van der Waals surface area contributed by atoms with Gasteiger partial charge in [-0.25, -0.2) is 4.79 Å². The maximum atomic E-state index is 13.3. The molecular weight excluding hydrogens is 558 g/mol. The van der Waals surface area contributed by atoms with Gasteiger partial charge in [-0.1, -0.05) is 12.1 Å². The number of nitrogens with two attached hydrogens (primary N) is 3. The molecule has 0 aliphatic heterocycles. The fourth-order valence-corrected chi connectivity index (χ4v) is 4.51. The Morgan fingerprint density at radius 2 is 1.38 bits per heavy atom. The van der Waals surface area contributed by atoms with Crippen molar-refractivity contribution in [2.75, 3.05) is 30.6 Å². The first-order valence-electron chi connectivity index (χ1n) is 12.7. The number of rotatable bonds is 19. The summed E-state index contributed by atoms with van der Waals surface area (Å²) in [6, 6.07) is 1.78. The third kappa shape index (κ3) is 13.8. The predicted octanol–water partition coefficient (Wildman–Crippen LogP) is -0.639. The molecule has 3 amide bonds. The number of guanidine groups is 1. The lowest BCUT2D eigenvalue weighted by Gasteiger charge is -2.25. The monoisotopic (exact) mass is 599 g/mol. The summed E-state index contributed by atoms with van der Waals surface area (Å²) in [5.41, 5.74) is 17.3. The van der Waals surface area contributed by atoms with Gasteiger partial charge >= 0.3 is 5.97 Å². The lowest BCUT2D eigenvalue weighted by Crippen LogP contribution is -2.57. The SMILES string of the molecule is CSCCC(N)C(=O)NC(CCSC)C(=O)NC(CCCN=C(N)N)C(=O)NC(Cc1ccc(O)cc1)C(=O)O. The Morgan fingerprint density at radius 3 is 1.93 bits per heavy atom. The van der Waals surface area contributed by atoms with Crippen LogP contribution in [0.2, 0.25) is 0 Å². The number of aliphatic imine (C=N–C) groups is 1. The molecule has 0 aromatic heterocycles. The van der Waals surface area contributed by atoms with Crippen molar-refractivity contribution in [1.82, 2.24) is 16.0 Å². The first kappa shape index (κ1) is 34.9. The number of phenols is 1. The lowest BCUT2D eigenvalue weighted by atomic mass is 10.0. The number of hydrogen-bond acceptors (Lipinski definition) is 9. The molecule has 40 heavy (non-hydrogen) atoms. The molecule has 0 heterocycles. The van der Waals surface area contributed by atoms with Gasteiger partial charge in [-0.15, -0.1) is 0 Å². The number of aliphatic carboxylic acids is 1. The van der Waals surface area contributed by atoms with Crippen molar-refractivity contribution >= 4 is 53.2 Å². The molecule has 0 saturated carbocycles. The Kier molecular flexibility index (Phi) is 16.6. The third-order valence-electron chi connectivity index (χ3n) is 5.78. The van der Waals surface area contributed by atoms with E-state index in [4.69, 9.17) is 17.2 Å². The van der Waals surface area contributed by atoms with E-state index in [1.54, 1.807) is 23.9 Å². The van der Waals surface area contributed by atoms with Gasteiger partial charge in [0.1, 0.15) is 23.9 Å². The minimum Gasteiger partial charge on any atom is -0.508 e. The van der Waals surface area contributed by atoms with E-state index < -0.39 is 47.9 Å². The summed E-state index contributed by atoms with van der Waals surface area (Å²) in [6.45, 7) is 0.189. The lowest BCUT2D eigenvalue weighted by molar-refractivity contribution is -0.142. The number of nitrogens with one attached hydrogen (secondary N) is 3. The average Bonchev–Trinajstić information content (AvgIpc) is 2.91. The van der Waals surface area contributed by atoms with Crippen molar-refractivity contribution in [3.8, 4) is 5.75 Å². The molecule has 1 aromatic rings. The van der Waals surface area contributed by atoms with E-state index in [9.17, 15) is 29.4 Å². The van der Waals surface area contributed by atoms with Crippen LogP contribution in [0.5, 0.6) is 5.75 Å². The molecule has 1 aromatic carbocycles. The highest BCUT2D eigenvalue weighted by Crippen LogP contribution is 2.12. The van der Waals surface area contributed by atoms with Gasteiger partial charge in [0, 0.05) is 13.0 Å². The molecule has 13 nitrogen and oxygen atoms in total. The standard InChI is InChI=1S/C25H41N7O6S2/c1-39-12-9-17(26)21(34)30-19(10-13-40-2)23(36)31-18(4-3-11-29-25(27)28)22(35)32-20(24(37)38)14-15-5-7-16(33)8-6-15/h5-8,17-20,33H,3-4,9-14,26H2,1-2H3,(H,30,34)(H,31,36)(H,32,35)(H,37,38)(H4,27,28,29). The Hall–Kier alpha value is -3.17. The maximum absolute atomic E-state index is 13.3. The summed E-state index contributed by atoms with van der Waals surface area (Å²) in [7, 11) is 0. The molecule has 4 atom stereocenters. The van der Waals surface area contributed by atoms with Crippen LogP contribution in [0.1, 0.15) is 31.2 Å². The van der Waals surface area contributed by atoms with Gasteiger partial charge in [0.05, 0.1) is 6.04 Å². The highest BCUT2D eigenvalue weighted by Gasteiger charge is 2.30. The minimum absolute atomic E-state index is 0.0246. The number of carbonyl (C=O) groups is 4. The summed E-state index contributed by atoms with van der Waals surface area (Å²) >= 11 is 3.04. The fourth-order valence-electron chi connectivity index (χ4n) is 3.54. The van der Waals surface area contributed by atoms with Crippen molar-refractivity contribution in [2.24, 2.45) is 22.2 Å². The zero-order valence-corrected chi connectivity index (χ0v) is 24.4. The number of nitrogens with zero attached hydrogens (tertiary/aromatic N) is 1. The van der Waals surface area contributed by atoms with Crippen LogP contribution in [0.4, 0.5) is 0 Å². The van der Waals surface area contributed by atoms with E-state index in [0.29, 0.717) is 36.3 Å². The number of carboxylic acid groups (broad SMARTS) is 1. The van der Waals surface area contributed by atoms with Crippen LogP contribution in [0.25, 0.3) is 0 Å². The molecule has 0 bridgehead atoms. The Bertz CT molecular complexity index is 992. The molecule has 1 rings (SSSR count). The van der Waals surface area contributed by atoms with Gasteiger partial charge in [0.2, 0.25) is 17.7 Å². The minimum atomic E-state index is -1.30. The molecular formula is C25H41N7O6S2. The average molecular weight is 600 g/mol. The Labute approximate surface area is 242 Å². The molecule has 0 spiro atoms. The molecule has 0 fully saturated rings. The van der Waals surface area contributed by atoms with Crippen LogP contribution in [-0.2, 0) is 25.6 Å². The molecule has 0 aliphatic rings. The Balaban J connectivity index is 3.05. The van der Waals surface area contributed by atoms with Crippen molar-refractivity contribution in [3.63, 3.8) is 0 Å². The van der Waals surface area contributed by atoms with Crippen LogP contribution in [0.15, 0.2) is 29.3 Å². The van der Waals surface area contributed by atoms with E-state index >= 15 is 0 Å². The second-order valence-corrected chi connectivity index (χ2v) is 11.0. The van der Waals surface area contributed by atoms with Gasteiger partial charge in [-0.3, -0.25) is 19.4 Å². The van der Waals surface area contributed by atoms with Crippen LogP contribution >= 0.6 is 23.5 Å². The number of thioether (sulfide) groups is 2. The van der Waals surface area contributed by atoms with Gasteiger partial charge in [0.25, 0.3) is 0 Å². The highest BCUT2D eigenvalue weighted by atomic mass is 32.2. The van der Waals surface area contributed by atoms with E-state index in [2.05, 4.69) is 20.9 Å². The number of benzene rings is 1. The molecule has 4 unspecified atom stereocenters. The van der Waals surface area contributed by atoms with Crippen molar-refractivity contribution < 1.29 is 29.4 Å². The summed E-state index contributed by atoms with van der Waals surface area (Å²) in [4.78, 5) is 54.9. The van der Waals surface area contributed by atoms with Crippen molar-refractivity contribution in [2.45, 2.75) is 56.3 Å². The number of carbonyl (C=O) groups excluding carboxylic acids is 3. The van der Waals surface area contributed by atoms with E-state index in [0.717, 1.165) is 0 Å². The first-order valence-corrected chi connectivity index (χ1v) is 15.5.